The van der Waals surface area contributed by atoms with E-state index in [1.54, 1.807) is 31.2 Å². The molecule has 1 aromatic heterocycles. The number of hydrogen-bond donors (Lipinski definition) is 2. The van der Waals surface area contributed by atoms with Crippen molar-refractivity contribution in [2.45, 2.75) is 20.4 Å². The lowest BCUT2D eigenvalue weighted by molar-refractivity contribution is -0.117. The molecule has 2 aromatic carbocycles. The second-order valence-corrected chi connectivity index (χ2v) is 6.24. The van der Waals surface area contributed by atoms with Gasteiger partial charge in [-0.2, -0.15) is 0 Å². The van der Waals surface area contributed by atoms with E-state index in [0.717, 1.165) is 12.1 Å². The normalized spacial score (nSPS) is 10.5. The quantitative estimate of drug-likeness (QED) is 0.618. The fourth-order valence-corrected chi connectivity index (χ4v) is 2.67. The summed E-state index contributed by atoms with van der Waals surface area (Å²) in [5, 5.41) is 12.7. The summed E-state index contributed by atoms with van der Waals surface area (Å²) in [5.41, 5.74) is 0.686. The van der Waals surface area contributed by atoms with Crippen molar-refractivity contribution < 1.29 is 23.1 Å². The zero-order valence-corrected chi connectivity index (χ0v) is 16.3. The molecule has 0 bridgehead atoms. The zero-order chi connectivity index (χ0) is 21.7. The van der Waals surface area contributed by atoms with Crippen molar-refractivity contribution in [3.63, 3.8) is 0 Å². The average molecular weight is 415 g/mol. The van der Waals surface area contributed by atoms with E-state index in [9.17, 15) is 18.4 Å². The van der Waals surface area contributed by atoms with Gasteiger partial charge in [0.15, 0.2) is 5.69 Å². The minimum atomic E-state index is -0.897. The summed E-state index contributed by atoms with van der Waals surface area (Å²) in [6.07, 6.45) is 0. The Labute approximate surface area is 170 Å². The van der Waals surface area contributed by atoms with Crippen LogP contribution in [0.15, 0.2) is 42.5 Å². The van der Waals surface area contributed by atoms with E-state index in [-0.39, 0.29) is 17.9 Å². The topological polar surface area (TPSA) is 98.1 Å². The molecule has 2 amide bonds. The Kier molecular flexibility index (Phi) is 6.35. The first-order valence-electron chi connectivity index (χ1n) is 9.07. The second kappa shape index (κ2) is 9.12. The smallest absolute Gasteiger partial charge is 0.278 e. The first-order valence-corrected chi connectivity index (χ1v) is 9.07. The van der Waals surface area contributed by atoms with Crippen LogP contribution in [0.4, 0.5) is 20.2 Å². The fraction of sp³-hybridized carbons (Fsp3) is 0.200. The SMILES string of the molecule is CCOc1ccccc1NC(=O)c1nnn(CC(=O)Nc2ccc(F)cc2F)c1C. The fourth-order valence-electron chi connectivity index (χ4n) is 2.67. The number of nitrogens with one attached hydrogen (secondary N) is 2. The molecule has 0 saturated heterocycles. The van der Waals surface area contributed by atoms with Gasteiger partial charge in [0.25, 0.3) is 5.91 Å². The van der Waals surface area contributed by atoms with Gasteiger partial charge in [-0.1, -0.05) is 17.3 Å². The van der Waals surface area contributed by atoms with Gasteiger partial charge in [0.1, 0.15) is 23.9 Å². The van der Waals surface area contributed by atoms with Crippen LogP contribution in [0.3, 0.4) is 0 Å². The van der Waals surface area contributed by atoms with Crippen LogP contribution >= 0.6 is 0 Å². The molecule has 0 saturated carbocycles. The Morgan fingerprint density at radius 2 is 1.87 bits per heavy atom. The second-order valence-electron chi connectivity index (χ2n) is 6.24. The number of para-hydroxylation sites is 2. The molecular weight excluding hydrogens is 396 g/mol. The standard InChI is InChI=1S/C20H19F2N5O3/c1-3-30-17-7-5-4-6-16(17)24-20(29)19-12(2)27(26-25-19)11-18(28)23-15-9-8-13(21)10-14(15)22/h4-10H,3,11H2,1-2H3,(H,23,28)(H,24,29). The van der Waals surface area contributed by atoms with Crippen molar-refractivity contribution in [2.24, 2.45) is 0 Å². The first-order chi connectivity index (χ1) is 14.4. The number of aromatic nitrogens is 3. The van der Waals surface area contributed by atoms with Crippen LogP contribution in [0.1, 0.15) is 23.1 Å². The molecule has 10 heteroatoms. The molecule has 8 nitrogen and oxygen atoms in total. The maximum Gasteiger partial charge on any atom is 0.278 e. The average Bonchev–Trinajstić information content (AvgIpc) is 3.06. The molecule has 0 unspecified atom stereocenters. The predicted octanol–water partition coefficient (Wildman–Crippen LogP) is 3.15. The summed E-state index contributed by atoms with van der Waals surface area (Å²) in [6, 6.07) is 9.76. The van der Waals surface area contributed by atoms with Crippen LogP contribution in [0.25, 0.3) is 0 Å². The van der Waals surface area contributed by atoms with Crippen molar-refractivity contribution in [2.75, 3.05) is 17.2 Å². The number of carbonyl (C=O) groups excluding carboxylic acids is 2. The maximum absolute atomic E-state index is 13.7. The van der Waals surface area contributed by atoms with Crippen LogP contribution in [0, 0.1) is 18.6 Å². The van der Waals surface area contributed by atoms with Gasteiger partial charge < -0.3 is 15.4 Å². The van der Waals surface area contributed by atoms with Gasteiger partial charge in [0.2, 0.25) is 5.91 Å². The molecule has 0 radical (unpaired) electrons. The Hall–Kier alpha value is -3.82. The number of anilines is 2. The van der Waals surface area contributed by atoms with Crippen molar-refractivity contribution in [3.05, 3.63) is 65.5 Å². The van der Waals surface area contributed by atoms with Crippen LogP contribution in [-0.4, -0.2) is 33.4 Å². The molecule has 0 fully saturated rings. The number of hydrogen-bond acceptors (Lipinski definition) is 5. The molecule has 30 heavy (non-hydrogen) atoms. The lowest BCUT2D eigenvalue weighted by Gasteiger charge is -2.10. The van der Waals surface area contributed by atoms with Crippen LogP contribution < -0.4 is 15.4 Å². The van der Waals surface area contributed by atoms with Crippen molar-refractivity contribution in [1.82, 2.24) is 15.0 Å². The number of ether oxygens (including phenoxy) is 1. The number of benzene rings is 2. The van der Waals surface area contributed by atoms with E-state index in [1.807, 2.05) is 6.92 Å². The van der Waals surface area contributed by atoms with E-state index >= 15 is 0 Å². The molecule has 0 aliphatic rings. The summed E-state index contributed by atoms with van der Waals surface area (Å²) >= 11 is 0. The van der Waals surface area contributed by atoms with Crippen molar-refractivity contribution in [1.29, 1.82) is 0 Å². The number of carbonyl (C=O) groups is 2. The molecule has 0 aliphatic carbocycles. The molecule has 0 aliphatic heterocycles. The number of halogens is 2. The monoisotopic (exact) mass is 415 g/mol. The molecule has 3 rings (SSSR count). The molecule has 0 atom stereocenters. The van der Waals surface area contributed by atoms with Gasteiger partial charge in [-0.15, -0.1) is 5.10 Å². The summed E-state index contributed by atoms with van der Waals surface area (Å²) in [6.45, 7) is 3.54. The summed E-state index contributed by atoms with van der Waals surface area (Å²) in [5.74, 6) is -2.26. The predicted molar refractivity (Wildman–Crippen MR) is 105 cm³/mol. The molecule has 1 heterocycles. The summed E-state index contributed by atoms with van der Waals surface area (Å²) in [7, 11) is 0. The molecule has 0 spiro atoms. The van der Waals surface area contributed by atoms with E-state index < -0.39 is 23.4 Å². The highest BCUT2D eigenvalue weighted by Crippen LogP contribution is 2.24. The third-order valence-corrected chi connectivity index (χ3v) is 4.13. The molecule has 3 aromatic rings. The highest BCUT2D eigenvalue weighted by Gasteiger charge is 2.19. The van der Waals surface area contributed by atoms with Crippen molar-refractivity contribution >= 4 is 23.2 Å². The Balaban J connectivity index is 1.69. The molecule has 156 valence electrons. The van der Waals surface area contributed by atoms with E-state index in [1.165, 1.54) is 4.68 Å². The van der Waals surface area contributed by atoms with Crippen LogP contribution in [0.2, 0.25) is 0 Å². The van der Waals surface area contributed by atoms with Gasteiger partial charge in [-0.05, 0) is 38.1 Å². The van der Waals surface area contributed by atoms with E-state index in [0.29, 0.717) is 29.8 Å². The lowest BCUT2D eigenvalue weighted by Crippen LogP contribution is -2.21. The molecular formula is C20H19F2N5O3. The summed E-state index contributed by atoms with van der Waals surface area (Å²) in [4.78, 5) is 24.8. The van der Waals surface area contributed by atoms with Crippen LogP contribution in [0.5, 0.6) is 5.75 Å². The third kappa shape index (κ3) is 4.77. The number of nitrogens with zero attached hydrogens (tertiary/aromatic N) is 3. The largest absolute Gasteiger partial charge is 0.492 e. The van der Waals surface area contributed by atoms with Gasteiger partial charge in [0, 0.05) is 6.07 Å². The van der Waals surface area contributed by atoms with Crippen molar-refractivity contribution in [3.8, 4) is 5.75 Å². The highest BCUT2D eigenvalue weighted by atomic mass is 19.1. The Morgan fingerprint density at radius 3 is 2.60 bits per heavy atom. The third-order valence-electron chi connectivity index (χ3n) is 4.13. The minimum absolute atomic E-state index is 0.0297. The highest BCUT2D eigenvalue weighted by molar-refractivity contribution is 6.04. The van der Waals surface area contributed by atoms with Gasteiger partial charge in [-0.3, -0.25) is 9.59 Å². The Morgan fingerprint density at radius 1 is 1.10 bits per heavy atom. The molecule has 2 N–H and O–H groups in total. The van der Waals surface area contributed by atoms with Gasteiger partial charge in [0.05, 0.1) is 23.7 Å². The first kappa shape index (κ1) is 20.9. The lowest BCUT2D eigenvalue weighted by atomic mass is 10.2. The summed E-state index contributed by atoms with van der Waals surface area (Å²) < 4.78 is 33.3. The van der Waals surface area contributed by atoms with Crippen LogP contribution in [-0.2, 0) is 11.3 Å². The van der Waals surface area contributed by atoms with E-state index in [4.69, 9.17) is 4.74 Å². The van der Waals surface area contributed by atoms with Gasteiger partial charge >= 0.3 is 0 Å². The maximum atomic E-state index is 13.7. The van der Waals surface area contributed by atoms with Gasteiger partial charge in [-0.25, -0.2) is 13.5 Å². The van der Waals surface area contributed by atoms with E-state index in [2.05, 4.69) is 20.9 Å². The number of amides is 2. The minimum Gasteiger partial charge on any atom is -0.492 e. The Bertz CT molecular complexity index is 1080. The number of rotatable bonds is 7. The zero-order valence-electron chi connectivity index (χ0n) is 16.3.